The Morgan fingerprint density at radius 1 is 1.50 bits per heavy atom. The number of carbonyl (C=O) groups is 2. The maximum Gasteiger partial charge on any atom is 0.330 e. The lowest BCUT2D eigenvalue weighted by Crippen LogP contribution is -2.43. The van der Waals surface area contributed by atoms with E-state index in [2.05, 4.69) is 11.9 Å². The summed E-state index contributed by atoms with van der Waals surface area (Å²) in [6.07, 6.45) is 2.25. The largest absolute Gasteiger partial charge is 0.451 e. The minimum atomic E-state index is -0.666. The number of hydrogen-bond donors (Lipinski definition) is 1. The summed E-state index contributed by atoms with van der Waals surface area (Å²) in [6, 6.07) is -0.162. The molecule has 90 valence electrons. The van der Waals surface area contributed by atoms with Crippen LogP contribution in [0.25, 0.3) is 0 Å². The zero-order valence-corrected chi connectivity index (χ0v) is 9.86. The average molecular weight is 225 g/mol. The first kappa shape index (κ1) is 12.9. The molecule has 0 aliphatic carbocycles. The summed E-state index contributed by atoms with van der Waals surface area (Å²) >= 11 is 0. The van der Waals surface area contributed by atoms with Crippen LogP contribution in [0.2, 0.25) is 0 Å². The Labute approximate surface area is 96.0 Å². The minimum absolute atomic E-state index is 0.0150. The first-order valence-corrected chi connectivity index (χ1v) is 5.66. The van der Waals surface area contributed by atoms with Gasteiger partial charge in [-0.3, -0.25) is 4.79 Å². The van der Waals surface area contributed by atoms with Gasteiger partial charge in [0, 0.05) is 6.08 Å². The normalized spacial score (nSPS) is 21.8. The summed E-state index contributed by atoms with van der Waals surface area (Å²) in [5.41, 5.74) is 0. The molecule has 0 saturated carbocycles. The Morgan fingerprint density at radius 3 is 2.62 bits per heavy atom. The molecule has 1 aliphatic rings. The standard InChI is InChI=1S/C12H19NO3/c1-4-10(14)16-12(8(2)3)11(15)9-6-5-7-13-9/h4,8-9,12-13H,1,5-7H2,2-3H3. The van der Waals surface area contributed by atoms with Gasteiger partial charge in [0.25, 0.3) is 0 Å². The van der Waals surface area contributed by atoms with Crippen LogP contribution in [-0.2, 0) is 14.3 Å². The van der Waals surface area contributed by atoms with E-state index in [1.807, 2.05) is 13.8 Å². The summed E-state index contributed by atoms with van der Waals surface area (Å²) in [6.45, 7) is 7.92. The molecule has 1 aliphatic heterocycles. The van der Waals surface area contributed by atoms with E-state index in [0.717, 1.165) is 25.5 Å². The van der Waals surface area contributed by atoms with E-state index in [-0.39, 0.29) is 17.7 Å². The van der Waals surface area contributed by atoms with Gasteiger partial charge in [-0.25, -0.2) is 4.79 Å². The summed E-state index contributed by atoms with van der Waals surface area (Å²) in [4.78, 5) is 23.2. The van der Waals surface area contributed by atoms with E-state index in [4.69, 9.17) is 4.74 Å². The van der Waals surface area contributed by atoms with Crippen molar-refractivity contribution in [1.29, 1.82) is 0 Å². The Bertz CT molecular complexity index is 280. The SMILES string of the molecule is C=CC(=O)OC(C(=O)C1CCCN1)C(C)C. The monoisotopic (exact) mass is 225 g/mol. The maximum atomic E-state index is 12.1. The van der Waals surface area contributed by atoms with Crippen LogP contribution in [0.4, 0.5) is 0 Å². The summed E-state index contributed by atoms with van der Waals surface area (Å²) < 4.78 is 5.09. The van der Waals surface area contributed by atoms with Crippen LogP contribution >= 0.6 is 0 Å². The van der Waals surface area contributed by atoms with Crippen LogP contribution < -0.4 is 5.32 Å². The Balaban J connectivity index is 2.64. The van der Waals surface area contributed by atoms with Gasteiger partial charge in [-0.05, 0) is 25.3 Å². The second-order valence-electron chi connectivity index (χ2n) is 4.36. The third-order valence-corrected chi connectivity index (χ3v) is 2.70. The fraction of sp³-hybridized carbons (Fsp3) is 0.667. The number of nitrogens with one attached hydrogen (secondary N) is 1. The highest BCUT2D eigenvalue weighted by molar-refractivity contribution is 5.92. The van der Waals surface area contributed by atoms with E-state index in [1.165, 1.54) is 0 Å². The van der Waals surface area contributed by atoms with Gasteiger partial charge < -0.3 is 10.1 Å². The minimum Gasteiger partial charge on any atom is -0.451 e. The van der Waals surface area contributed by atoms with E-state index in [9.17, 15) is 9.59 Å². The van der Waals surface area contributed by atoms with Gasteiger partial charge in [-0.1, -0.05) is 20.4 Å². The Morgan fingerprint density at radius 2 is 2.19 bits per heavy atom. The van der Waals surface area contributed by atoms with Gasteiger partial charge in [-0.15, -0.1) is 0 Å². The van der Waals surface area contributed by atoms with Crippen LogP contribution in [0.5, 0.6) is 0 Å². The number of rotatable bonds is 5. The van der Waals surface area contributed by atoms with Crippen LogP contribution in [-0.4, -0.2) is 30.4 Å². The molecule has 1 fully saturated rings. The molecule has 0 spiro atoms. The van der Waals surface area contributed by atoms with Crippen molar-refractivity contribution in [2.45, 2.75) is 38.8 Å². The Kier molecular flexibility index (Phi) is 4.68. The van der Waals surface area contributed by atoms with Crippen molar-refractivity contribution in [1.82, 2.24) is 5.32 Å². The predicted octanol–water partition coefficient (Wildman–Crippen LogP) is 1.06. The molecule has 4 nitrogen and oxygen atoms in total. The molecule has 2 atom stereocenters. The lowest BCUT2D eigenvalue weighted by Gasteiger charge is -2.22. The number of hydrogen-bond acceptors (Lipinski definition) is 4. The first-order valence-electron chi connectivity index (χ1n) is 5.66. The topological polar surface area (TPSA) is 55.4 Å². The summed E-state index contributed by atoms with van der Waals surface area (Å²) in [5.74, 6) is -0.577. The van der Waals surface area contributed by atoms with Gasteiger partial charge in [0.05, 0.1) is 6.04 Å². The van der Waals surface area contributed by atoms with Crippen LogP contribution in [0.3, 0.4) is 0 Å². The predicted molar refractivity (Wildman–Crippen MR) is 60.9 cm³/mol. The first-order chi connectivity index (χ1) is 7.56. The van der Waals surface area contributed by atoms with Gasteiger partial charge in [-0.2, -0.15) is 0 Å². The second kappa shape index (κ2) is 5.80. The lowest BCUT2D eigenvalue weighted by molar-refractivity contribution is -0.153. The van der Waals surface area contributed by atoms with Crippen molar-refractivity contribution in [3.05, 3.63) is 12.7 Å². The molecule has 0 radical (unpaired) electrons. The molecule has 4 heteroatoms. The number of ketones is 1. The molecular formula is C12H19NO3. The molecule has 16 heavy (non-hydrogen) atoms. The molecule has 1 N–H and O–H groups in total. The fourth-order valence-electron chi connectivity index (χ4n) is 1.82. The molecular weight excluding hydrogens is 206 g/mol. The average Bonchev–Trinajstić information content (AvgIpc) is 2.77. The zero-order valence-electron chi connectivity index (χ0n) is 9.86. The Hall–Kier alpha value is -1.16. The molecule has 1 heterocycles. The third-order valence-electron chi connectivity index (χ3n) is 2.70. The van der Waals surface area contributed by atoms with Crippen molar-refractivity contribution in [2.24, 2.45) is 5.92 Å². The lowest BCUT2D eigenvalue weighted by atomic mass is 9.97. The van der Waals surface area contributed by atoms with Crippen LogP contribution in [0.1, 0.15) is 26.7 Å². The third kappa shape index (κ3) is 3.17. The summed E-state index contributed by atoms with van der Waals surface area (Å²) in [5, 5.41) is 3.12. The molecule has 0 bridgehead atoms. The van der Waals surface area contributed by atoms with E-state index >= 15 is 0 Å². The molecule has 2 unspecified atom stereocenters. The molecule has 0 aromatic rings. The van der Waals surface area contributed by atoms with Crippen LogP contribution in [0.15, 0.2) is 12.7 Å². The summed E-state index contributed by atoms with van der Waals surface area (Å²) in [7, 11) is 0. The smallest absolute Gasteiger partial charge is 0.330 e. The maximum absolute atomic E-state index is 12.1. The van der Waals surface area contributed by atoms with Crippen molar-refractivity contribution in [3.63, 3.8) is 0 Å². The fourth-order valence-corrected chi connectivity index (χ4v) is 1.82. The van der Waals surface area contributed by atoms with Gasteiger partial charge >= 0.3 is 5.97 Å². The van der Waals surface area contributed by atoms with Crippen molar-refractivity contribution in [2.75, 3.05) is 6.54 Å². The molecule has 0 aromatic heterocycles. The van der Waals surface area contributed by atoms with Crippen molar-refractivity contribution >= 4 is 11.8 Å². The van der Waals surface area contributed by atoms with Gasteiger partial charge in [0.1, 0.15) is 0 Å². The second-order valence-corrected chi connectivity index (χ2v) is 4.36. The number of Topliss-reactive ketones (excluding diaryl/α,β-unsaturated/α-hetero) is 1. The zero-order chi connectivity index (χ0) is 12.1. The van der Waals surface area contributed by atoms with E-state index < -0.39 is 12.1 Å². The molecule has 0 aromatic carbocycles. The van der Waals surface area contributed by atoms with E-state index in [0.29, 0.717) is 0 Å². The van der Waals surface area contributed by atoms with Gasteiger partial charge in [0.15, 0.2) is 11.9 Å². The van der Waals surface area contributed by atoms with E-state index in [1.54, 1.807) is 0 Å². The molecule has 1 rings (SSSR count). The van der Waals surface area contributed by atoms with Crippen molar-refractivity contribution in [3.8, 4) is 0 Å². The number of ether oxygens (including phenoxy) is 1. The molecule has 1 saturated heterocycles. The van der Waals surface area contributed by atoms with Crippen LogP contribution in [0, 0.1) is 5.92 Å². The molecule has 0 amide bonds. The number of carbonyl (C=O) groups excluding carboxylic acids is 2. The highest BCUT2D eigenvalue weighted by Gasteiger charge is 2.33. The highest BCUT2D eigenvalue weighted by atomic mass is 16.5. The van der Waals surface area contributed by atoms with Crippen molar-refractivity contribution < 1.29 is 14.3 Å². The highest BCUT2D eigenvalue weighted by Crippen LogP contribution is 2.15. The quantitative estimate of drug-likeness (QED) is 0.561. The number of esters is 1. The van der Waals surface area contributed by atoms with Gasteiger partial charge in [0.2, 0.25) is 0 Å².